The van der Waals surface area contributed by atoms with E-state index in [1.54, 1.807) is 24.7 Å². The van der Waals surface area contributed by atoms with E-state index in [0.29, 0.717) is 0 Å². The van der Waals surface area contributed by atoms with Gasteiger partial charge in [-0.3, -0.25) is 0 Å². The average molecular weight is 292 g/mol. The molecule has 2 aromatic heterocycles. The monoisotopic (exact) mass is 292 g/mol. The maximum atomic E-state index is 13.2. The van der Waals surface area contributed by atoms with E-state index in [9.17, 15) is 4.39 Å². The Morgan fingerprint density at radius 1 is 1.05 bits per heavy atom. The molecule has 0 saturated carbocycles. The molecule has 2 heterocycles. The Labute approximate surface area is 126 Å². The Morgan fingerprint density at radius 2 is 1.86 bits per heavy atom. The Balaban J connectivity index is 1.88. The van der Waals surface area contributed by atoms with Crippen LogP contribution < -0.4 is 0 Å². The van der Waals surface area contributed by atoms with E-state index in [1.165, 1.54) is 12.1 Å². The number of rotatable bonds is 3. The third-order valence-corrected chi connectivity index (χ3v) is 3.72. The highest BCUT2D eigenvalue weighted by Gasteiger charge is 2.20. The first kappa shape index (κ1) is 12.8. The number of nitrogens with zero attached hydrogens (tertiary/aromatic N) is 2. The molecule has 0 amide bonds. The van der Waals surface area contributed by atoms with Gasteiger partial charge in [-0.2, -0.15) is 0 Å². The first-order valence-electron chi connectivity index (χ1n) is 7.02. The van der Waals surface area contributed by atoms with Gasteiger partial charge in [-0.15, -0.1) is 0 Å². The van der Waals surface area contributed by atoms with Gasteiger partial charge in [-0.05, 0) is 29.8 Å². The van der Waals surface area contributed by atoms with Gasteiger partial charge in [0.25, 0.3) is 0 Å². The van der Waals surface area contributed by atoms with E-state index in [0.717, 1.165) is 22.3 Å². The third-order valence-electron chi connectivity index (χ3n) is 3.72. The summed E-state index contributed by atoms with van der Waals surface area (Å²) < 4.78 is 21.2. The summed E-state index contributed by atoms with van der Waals surface area (Å²) in [6, 6.07) is 16.2. The number of imidazole rings is 1. The second-order valence-electron chi connectivity index (χ2n) is 5.15. The molecule has 1 atom stereocenters. The van der Waals surface area contributed by atoms with E-state index in [2.05, 4.69) is 4.98 Å². The predicted molar refractivity (Wildman–Crippen MR) is 82.1 cm³/mol. The van der Waals surface area contributed by atoms with Gasteiger partial charge in [0.15, 0.2) is 0 Å². The van der Waals surface area contributed by atoms with Crippen molar-refractivity contribution in [2.24, 2.45) is 0 Å². The van der Waals surface area contributed by atoms with Gasteiger partial charge in [-0.1, -0.05) is 30.3 Å². The fourth-order valence-electron chi connectivity index (χ4n) is 2.69. The first-order valence-corrected chi connectivity index (χ1v) is 7.02. The van der Waals surface area contributed by atoms with Crippen molar-refractivity contribution in [1.82, 2.24) is 9.55 Å². The molecule has 1 unspecified atom stereocenters. The van der Waals surface area contributed by atoms with Crippen LogP contribution >= 0.6 is 0 Å². The number of hydrogen-bond acceptors (Lipinski definition) is 2. The van der Waals surface area contributed by atoms with Crippen LogP contribution in [-0.2, 0) is 0 Å². The fraction of sp³-hybridized carbons (Fsp3) is 0.0556. The molecule has 108 valence electrons. The van der Waals surface area contributed by atoms with Crippen LogP contribution in [0.1, 0.15) is 17.4 Å². The van der Waals surface area contributed by atoms with Crippen LogP contribution in [-0.4, -0.2) is 9.55 Å². The van der Waals surface area contributed by atoms with Gasteiger partial charge >= 0.3 is 0 Å². The normalized spacial score (nSPS) is 12.6. The molecule has 0 aliphatic rings. The molecule has 2 aromatic carbocycles. The highest BCUT2D eigenvalue weighted by molar-refractivity contribution is 5.78. The lowest BCUT2D eigenvalue weighted by molar-refractivity contribution is 0.487. The van der Waals surface area contributed by atoms with Gasteiger partial charge in [0, 0.05) is 17.8 Å². The summed E-state index contributed by atoms with van der Waals surface area (Å²) >= 11 is 0. The highest BCUT2D eigenvalue weighted by Crippen LogP contribution is 2.31. The quantitative estimate of drug-likeness (QED) is 0.560. The fourth-order valence-corrected chi connectivity index (χ4v) is 2.69. The van der Waals surface area contributed by atoms with E-state index < -0.39 is 0 Å². The summed E-state index contributed by atoms with van der Waals surface area (Å²) in [6.07, 6.45) is 5.33. The lowest BCUT2D eigenvalue weighted by atomic mass is 10.0. The van der Waals surface area contributed by atoms with Crippen molar-refractivity contribution in [3.05, 3.63) is 90.5 Å². The summed E-state index contributed by atoms with van der Waals surface area (Å²) in [6.45, 7) is 0. The minimum absolute atomic E-state index is 0.171. The SMILES string of the molecule is Fc1ccc(C(c2cc3ccccc3o2)n2ccnc2)cc1. The van der Waals surface area contributed by atoms with Crippen LogP contribution in [0.15, 0.2) is 77.7 Å². The zero-order valence-corrected chi connectivity index (χ0v) is 11.7. The molecule has 0 fully saturated rings. The summed E-state index contributed by atoms with van der Waals surface area (Å²) in [7, 11) is 0. The first-order chi connectivity index (χ1) is 10.8. The molecule has 0 saturated heterocycles. The number of benzene rings is 2. The molecule has 0 bridgehead atoms. The van der Waals surface area contributed by atoms with Gasteiger partial charge in [0.2, 0.25) is 0 Å². The Hall–Kier alpha value is -2.88. The molecule has 4 rings (SSSR count). The van der Waals surface area contributed by atoms with Crippen LogP contribution in [0, 0.1) is 5.82 Å². The molecule has 0 aliphatic heterocycles. The molecule has 0 aliphatic carbocycles. The second kappa shape index (κ2) is 5.15. The topological polar surface area (TPSA) is 31.0 Å². The van der Waals surface area contributed by atoms with Crippen molar-refractivity contribution >= 4 is 11.0 Å². The standard InChI is InChI=1S/C18H13FN2O/c19-15-7-5-13(6-8-15)18(21-10-9-20-12-21)17-11-14-3-1-2-4-16(14)22-17/h1-12,18H. The zero-order chi connectivity index (χ0) is 14.9. The molecule has 4 aromatic rings. The van der Waals surface area contributed by atoms with Crippen molar-refractivity contribution in [2.75, 3.05) is 0 Å². The van der Waals surface area contributed by atoms with Crippen molar-refractivity contribution in [3.8, 4) is 0 Å². The van der Waals surface area contributed by atoms with Gasteiger partial charge < -0.3 is 8.98 Å². The number of para-hydroxylation sites is 1. The minimum atomic E-state index is -0.252. The van der Waals surface area contributed by atoms with Crippen LogP contribution in [0.5, 0.6) is 0 Å². The molecule has 0 N–H and O–H groups in total. The summed E-state index contributed by atoms with van der Waals surface area (Å²) in [5, 5.41) is 1.05. The Bertz CT molecular complexity index is 861. The summed E-state index contributed by atoms with van der Waals surface area (Å²) in [5.74, 6) is 0.545. The molecular weight excluding hydrogens is 279 g/mol. The number of halogens is 1. The summed E-state index contributed by atoms with van der Waals surface area (Å²) in [5.41, 5.74) is 1.78. The van der Waals surface area contributed by atoms with Gasteiger partial charge in [0.1, 0.15) is 23.2 Å². The van der Waals surface area contributed by atoms with Crippen LogP contribution in [0.3, 0.4) is 0 Å². The maximum absolute atomic E-state index is 13.2. The molecular formula is C18H13FN2O. The minimum Gasteiger partial charge on any atom is -0.458 e. The summed E-state index contributed by atoms with van der Waals surface area (Å²) in [4.78, 5) is 4.11. The van der Waals surface area contributed by atoms with Crippen molar-refractivity contribution in [3.63, 3.8) is 0 Å². The highest BCUT2D eigenvalue weighted by atomic mass is 19.1. The second-order valence-corrected chi connectivity index (χ2v) is 5.15. The Morgan fingerprint density at radius 3 is 2.59 bits per heavy atom. The number of furan rings is 1. The average Bonchev–Trinajstić information content (AvgIpc) is 3.19. The maximum Gasteiger partial charge on any atom is 0.134 e. The molecule has 0 spiro atoms. The van der Waals surface area contributed by atoms with Crippen LogP contribution in [0.2, 0.25) is 0 Å². The van der Waals surface area contributed by atoms with Gasteiger partial charge in [0.05, 0.1) is 6.33 Å². The van der Waals surface area contributed by atoms with Crippen molar-refractivity contribution < 1.29 is 8.81 Å². The van der Waals surface area contributed by atoms with Crippen molar-refractivity contribution in [2.45, 2.75) is 6.04 Å². The molecule has 22 heavy (non-hydrogen) atoms. The number of hydrogen-bond donors (Lipinski definition) is 0. The van der Waals surface area contributed by atoms with Crippen molar-refractivity contribution in [1.29, 1.82) is 0 Å². The van der Waals surface area contributed by atoms with Crippen LogP contribution in [0.25, 0.3) is 11.0 Å². The predicted octanol–water partition coefficient (Wildman–Crippen LogP) is 4.41. The van der Waals surface area contributed by atoms with Crippen LogP contribution in [0.4, 0.5) is 4.39 Å². The molecule has 3 nitrogen and oxygen atoms in total. The smallest absolute Gasteiger partial charge is 0.134 e. The van der Waals surface area contributed by atoms with E-state index in [1.807, 2.05) is 41.1 Å². The Kier molecular flexibility index (Phi) is 3.00. The zero-order valence-electron chi connectivity index (χ0n) is 11.7. The van der Waals surface area contributed by atoms with E-state index in [4.69, 9.17) is 4.42 Å². The lowest BCUT2D eigenvalue weighted by Gasteiger charge is -2.16. The largest absolute Gasteiger partial charge is 0.458 e. The van der Waals surface area contributed by atoms with E-state index in [-0.39, 0.29) is 11.9 Å². The molecule has 4 heteroatoms. The number of aromatic nitrogens is 2. The number of fused-ring (bicyclic) bond motifs is 1. The molecule has 0 radical (unpaired) electrons. The van der Waals surface area contributed by atoms with Gasteiger partial charge in [-0.25, -0.2) is 9.37 Å². The van der Waals surface area contributed by atoms with E-state index >= 15 is 0 Å². The third kappa shape index (κ3) is 2.19. The lowest BCUT2D eigenvalue weighted by Crippen LogP contribution is -2.09.